The van der Waals surface area contributed by atoms with Crippen molar-refractivity contribution in [1.29, 1.82) is 0 Å². The number of hydrogen-bond donors (Lipinski definition) is 2. The Hall–Kier alpha value is -1.13. The highest BCUT2D eigenvalue weighted by Crippen LogP contribution is 2.18. The summed E-state index contributed by atoms with van der Waals surface area (Å²) in [5, 5.41) is 18.1. The molecule has 0 saturated heterocycles. The van der Waals surface area contributed by atoms with Crippen LogP contribution in [0.3, 0.4) is 0 Å². The second-order valence-corrected chi connectivity index (χ2v) is 4.04. The van der Waals surface area contributed by atoms with Gasteiger partial charge in [-0.3, -0.25) is 0 Å². The van der Waals surface area contributed by atoms with Crippen LogP contribution in [0.1, 0.15) is 18.9 Å². The number of nitrogens with zero attached hydrogens (tertiary/aromatic N) is 1. The van der Waals surface area contributed by atoms with E-state index < -0.39 is 0 Å². The Kier molecular flexibility index (Phi) is 4.71. The standard InChI is InChI=1S/C12H18FNO2/c1-9(16)3-4-14(2)12-6-10(8-15)5-11(13)7-12/h5-7,9,15-16H,3-4,8H2,1-2H3. The minimum atomic E-state index is -0.367. The fraction of sp³-hybridized carbons (Fsp3) is 0.500. The van der Waals surface area contributed by atoms with Crippen molar-refractivity contribution in [2.24, 2.45) is 0 Å². The van der Waals surface area contributed by atoms with E-state index in [1.807, 2.05) is 11.9 Å². The highest BCUT2D eigenvalue weighted by atomic mass is 19.1. The third kappa shape index (κ3) is 3.79. The van der Waals surface area contributed by atoms with E-state index in [1.54, 1.807) is 13.0 Å². The Balaban J connectivity index is 2.74. The van der Waals surface area contributed by atoms with Gasteiger partial charge < -0.3 is 15.1 Å². The van der Waals surface area contributed by atoms with Crippen LogP contribution in [0.5, 0.6) is 0 Å². The minimum Gasteiger partial charge on any atom is -0.393 e. The fourth-order valence-electron chi connectivity index (χ4n) is 1.45. The van der Waals surface area contributed by atoms with Gasteiger partial charge in [0.1, 0.15) is 5.82 Å². The summed E-state index contributed by atoms with van der Waals surface area (Å²) < 4.78 is 13.2. The van der Waals surface area contributed by atoms with Crippen molar-refractivity contribution < 1.29 is 14.6 Å². The second kappa shape index (κ2) is 5.82. The van der Waals surface area contributed by atoms with Gasteiger partial charge in [0.15, 0.2) is 0 Å². The zero-order valence-electron chi connectivity index (χ0n) is 9.65. The van der Waals surface area contributed by atoms with Gasteiger partial charge in [0.2, 0.25) is 0 Å². The molecule has 0 aliphatic rings. The quantitative estimate of drug-likeness (QED) is 0.801. The topological polar surface area (TPSA) is 43.7 Å². The lowest BCUT2D eigenvalue weighted by molar-refractivity contribution is 0.187. The van der Waals surface area contributed by atoms with Gasteiger partial charge in [-0.25, -0.2) is 4.39 Å². The molecule has 1 aromatic rings. The highest BCUT2D eigenvalue weighted by molar-refractivity contribution is 5.48. The molecule has 0 fully saturated rings. The first-order valence-corrected chi connectivity index (χ1v) is 5.32. The molecule has 1 rings (SSSR count). The van der Waals surface area contributed by atoms with Gasteiger partial charge in [-0.15, -0.1) is 0 Å². The zero-order chi connectivity index (χ0) is 12.1. The predicted molar refractivity (Wildman–Crippen MR) is 61.9 cm³/mol. The summed E-state index contributed by atoms with van der Waals surface area (Å²) in [5.74, 6) is -0.356. The first-order valence-electron chi connectivity index (χ1n) is 5.32. The lowest BCUT2D eigenvalue weighted by Crippen LogP contribution is -2.22. The molecule has 0 spiro atoms. The van der Waals surface area contributed by atoms with Crippen molar-refractivity contribution in [3.05, 3.63) is 29.6 Å². The smallest absolute Gasteiger partial charge is 0.125 e. The molecule has 1 atom stereocenters. The monoisotopic (exact) mass is 227 g/mol. The van der Waals surface area contributed by atoms with Crippen molar-refractivity contribution in [3.8, 4) is 0 Å². The van der Waals surface area contributed by atoms with Crippen LogP contribution in [0.2, 0.25) is 0 Å². The Morgan fingerprint density at radius 3 is 2.62 bits per heavy atom. The van der Waals surface area contributed by atoms with Crippen molar-refractivity contribution in [2.75, 3.05) is 18.5 Å². The lowest BCUT2D eigenvalue weighted by atomic mass is 10.2. The summed E-state index contributed by atoms with van der Waals surface area (Å²) >= 11 is 0. The zero-order valence-corrected chi connectivity index (χ0v) is 9.65. The van der Waals surface area contributed by atoms with Gasteiger partial charge in [0.25, 0.3) is 0 Å². The summed E-state index contributed by atoms with van der Waals surface area (Å²) in [7, 11) is 1.83. The van der Waals surface area contributed by atoms with E-state index >= 15 is 0 Å². The van der Waals surface area contributed by atoms with Crippen LogP contribution in [-0.4, -0.2) is 29.9 Å². The molecule has 3 nitrogen and oxygen atoms in total. The van der Waals surface area contributed by atoms with Crippen LogP contribution in [0, 0.1) is 5.82 Å². The van der Waals surface area contributed by atoms with Crippen LogP contribution in [0.25, 0.3) is 0 Å². The molecule has 0 saturated carbocycles. The summed E-state index contributed by atoms with van der Waals surface area (Å²) in [6, 6.07) is 4.47. The van der Waals surface area contributed by atoms with Crippen LogP contribution in [-0.2, 0) is 6.61 Å². The van der Waals surface area contributed by atoms with Crippen LogP contribution < -0.4 is 4.90 Å². The number of rotatable bonds is 5. The molecule has 1 aromatic carbocycles. The maximum Gasteiger partial charge on any atom is 0.125 e. The summed E-state index contributed by atoms with van der Waals surface area (Å²) in [4.78, 5) is 1.86. The summed E-state index contributed by atoms with van der Waals surface area (Å²) in [6.07, 6.45) is 0.259. The molecule has 4 heteroatoms. The van der Waals surface area contributed by atoms with Gasteiger partial charge in [0.05, 0.1) is 12.7 Å². The number of aliphatic hydroxyl groups excluding tert-OH is 2. The van der Waals surface area contributed by atoms with Crippen LogP contribution >= 0.6 is 0 Å². The Morgan fingerprint density at radius 1 is 1.38 bits per heavy atom. The van der Waals surface area contributed by atoms with E-state index in [0.29, 0.717) is 24.2 Å². The Morgan fingerprint density at radius 2 is 2.06 bits per heavy atom. The lowest BCUT2D eigenvalue weighted by Gasteiger charge is -2.20. The van der Waals surface area contributed by atoms with E-state index in [9.17, 15) is 4.39 Å². The average Bonchev–Trinajstić information content (AvgIpc) is 2.24. The van der Waals surface area contributed by atoms with Gasteiger partial charge >= 0.3 is 0 Å². The average molecular weight is 227 g/mol. The summed E-state index contributed by atoms with van der Waals surface area (Å²) in [6.45, 7) is 2.19. The molecule has 0 aliphatic carbocycles. The first kappa shape index (κ1) is 12.9. The third-order valence-electron chi connectivity index (χ3n) is 2.45. The van der Waals surface area contributed by atoms with Crippen LogP contribution in [0.4, 0.5) is 10.1 Å². The number of aliphatic hydroxyl groups is 2. The van der Waals surface area contributed by atoms with E-state index in [1.165, 1.54) is 12.1 Å². The Labute approximate surface area is 95.1 Å². The predicted octanol–water partition coefficient (Wildman–Crippen LogP) is 1.53. The van der Waals surface area contributed by atoms with Gasteiger partial charge in [-0.2, -0.15) is 0 Å². The molecule has 0 bridgehead atoms. The number of anilines is 1. The summed E-state index contributed by atoms with van der Waals surface area (Å²) in [5.41, 5.74) is 1.27. The largest absolute Gasteiger partial charge is 0.393 e. The Bertz CT molecular complexity index is 342. The molecule has 0 amide bonds. The van der Waals surface area contributed by atoms with E-state index in [2.05, 4.69) is 0 Å². The molecular formula is C12H18FNO2. The van der Waals surface area contributed by atoms with Crippen molar-refractivity contribution in [3.63, 3.8) is 0 Å². The van der Waals surface area contributed by atoms with Gasteiger partial charge in [-0.1, -0.05) is 0 Å². The molecule has 0 aliphatic heterocycles. The van der Waals surface area contributed by atoms with Crippen molar-refractivity contribution in [2.45, 2.75) is 26.1 Å². The van der Waals surface area contributed by atoms with Crippen molar-refractivity contribution >= 4 is 5.69 Å². The second-order valence-electron chi connectivity index (χ2n) is 4.04. The SMILES string of the molecule is CC(O)CCN(C)c1cc(F)cc(CO)c1. The van der Waals surface area contributed by atoms with Crippen molar-refractivity contribution in [1.82, 2.24) is 0 Å². The van der Waals surface area contributed by atoms with E-state index in [0.717, 1.165) is 0 Å². The highest BCUT2D eigenvalue weighted by Gasteiger charge is 2.06. The number of benzene rings is 1. The van der Waals surface area contributed by atoms with Gasteiger partial charge in [-0.05, 0) is 37.1 Å². The molecule has 0 heterocycles. The first-order chi connectivity index (χ1) is 7.52. The number of halogens is 1. The normalized spacial score (nSPS) is 12.6. The molecule has 90 valence electrons. The van der Waals surface area contributed by atoms with E-state index in [-0.39, 0.29) is 18.5 Å². The van der Waals surface area contributed by atoms with E-state index in [4.69, 9.17) is 10.2 Å². The molecule has 0 aromatic heterocycles. The molecular weight excluding hydrogens is 209 g/mol. The fourth-order valence-corrected chi connectivity index (χ4v) is 1.45. The number of hydrogen-bond acceptors (Lipinski definition) is 3. The van der Waals surface area contributed by atoms with Crippen LogP contribution in [0.15, 0.2) is 18.2 Å². The molecule has 0 radical (unpaired) electrons. The maximum absolute atomic E-state index is 13.2. The van der Waals surface area contributed by atoms with Gasteiger partial charge in [0, 0.05) is 19.3 Å². The minimum absolute atomic E-state index is 0.172. The molecule has 2 N–H and O–H groups in total. The third-order valence-corrected chi connectivity index (χ3v) is 2.45. The molecule has 1 unspecified atom stereocenters. The maximum atomic E-state index is 13.2. The molecule has 16 heavy (non-hydrogen) atoms.